The van der Waals surface area contributed by atoms with Gasteiger partial charge in [0, 0.05) is 32.2 Å². The van der Waals surface area contributed by atoms with Gasteiger partial charge in [0.1, 0.15) is 5.75 Å². The van der Waals surface area contributed by atoms with Crippen molar-refractivity contribution in [3.05, 3.63) is 29.8 Å². The minimum absolute atomic E-state index is 0.255. The zero-order valence-corrected chi connectivity index (χ0v) is 13.9. The van der Waals surface area contributed by atoms with Crippen LogP contribution in [-0.2, 0) is 4.74 Å². The summed E-state index contributed by atoms with van der Waals surface area (Å²) < 4.78 is 10.5. The maximum absolute atomic E-state index is 10.3. The molecule has 1 N–H and O–H groups in total. The number of ether oxygens (including phenoxy) is 2. The molecule has 0 aliphatic carbocycles. The SMILES string of the molecule is COc1ccc(C(C)N(C)CC(O)CN2CCOCC2)cc1. The summed E-state index contributed by atoms with van der Waals surface area (Å²) in [6, 6.07) is 8.36. The Bertz CT molecular complexity index is 432. The number of aliphatic hydroxyl groups excluding tert-OH is 1. The van der Waals surface area contributed by atoms with Crippen LogP contribution in [0.2, 0.25) is 0 Å². The monoisotopic (exact) mass is 308 g/mol. The first-order valence-electron chi connectivity index (χ1n) is 7.92. The third-order valence-electron chi connectivity index (χ3n) is 4.33. The van der Waals surface area contributed by atoms with Gasteiger partial charge in [-0.3, -0.25) is 9.80 Å². The molecule has 2 unspecified atom stereocenters. The van der Waals surface area contributed by atoms with Crippen LogP contribution in [0.15, 0.2) is 24.3 Å². The van der Waals surface area contributed by atoms with Gasteiger partial charge in [0.25, 0.3) is 0 Å². The molecule has 1 saturated heterocycles. The fourth-order valence-electron chi connectivity index (χ4n) is 2.77. The van der Waals surface area contributed by atoms with E-state index in [4.69, 9.17) is 9.47 Å². The fraction of sp³-hybridized carbons (Fsp3) is 0.647. The van der Waals surface area contributed by atoms with Gasteiger partial charge in [0.05, 0.1) is 26.4 Å². The number of β-amino-alcohol motifs (C(OH)–C–C–N with tert-alkyl or cyclic N) is 1. The predicted octanol–water partition coefficient (Wildman–Crippen LogP) is 1.38. The molecule has 1 aliphatic rings. The Labute approximate surface area is 133 Å². The molecule has 0 aromatic heterocycles. The van der Waals surface area contributed by atoms with Crippen molar-refractivity contribution < 1.29 is 14.6 Å². The Kier molecular flexibility index (Phi) is 6.64. The molecule has 124 valence electrons. The van der Waals surface area contributed by atoms with Gasteiger partial charge in [-0.05, 0) is 31.7 Å². The van der Waals surface area contributed by atoms with Gasteiger partial charge >= 0.3 is 0 Å². The van der Waals surface area contributed by atoms with Crippen molar-refractivity contribution >= 4 is 0 Å². The van der Waals surface area contributed by atoms with E-state index in [-0.39, 0.29) is 12.1 Å². The van der Waals surface area contributed by atoms with E-state index in [1.807, 2.05) is 12.1 Å². The minimum Gasteiger partial charge on any atom is -0.497 e. The zero-order valence-electron chi connectivity index (χ0n) is 13.9. The second-order valence-electron chi connectivity index (χ2n) is 5.96. The summed E-state index contributed by atoms with van der Waals surface area (Å²) in [6.07, 6.45) is -0.344. The Morgan fingerprint density at radius 2 is 1.91 bits per heavy atom. The van der Waals surface area contributed by atoms with E-state index >= 15 is 0 Å². The number of likely N-dealkylation sites (N-methyl/N-ethyl adjacent to an activating group) is 1. The lowest BCUT2D eigenvalue weighted by Crippen LogP contribution is -2.44. The van der Waals surface area contributed by atoms with Crippen molar-refractivity contribution in [2.45, 2.75) is 19.1 Å². The summed E-state index contributed by atoms with van der Waals surface area (Å²) in [5.74, 6) is 0.867. The highest BCUT2D eigenvalue weighted by Crippen LogP contribution is 2.21. The molecule has 5 heteroatoms. The highest BCUT2D eigenvalue weighted by atomic mass is 16.5. The second-order valence-corrected chi connectivity index (χ2v) is 5.96. The largest absolute Gasteiger partial charge is 0.497 e. The highest BCUT2D eigenvalue weighted by Gasteiger charge is 2.19. The van der Waals surface area contributed by atoms with Crippen molar-refractivity contribution in [2.75, 3.05) is 53.6 Å². The van der Waals surface area contributed by atoms with E-state index in [1.165, 1.54) is 5.56 Å². The molecule has 22 heavy (non-hydrogen) atoms. The standard InChI is InChI=1S/C17H28N2O3/c1-14(15-4-6-17(21-3)7-5-15)18(2)12-16(20)13-19-8-10-22-11-9-19/h4-7,14,16,20H,8-13H2,1-3H3. The average molecular weight is 308 g/mol. The first-order chi connectivity index (χ1) is 10.6. The number of hydrogen-bond donors (Lipinski definition) is 1. The highest BCUT2D eigenvalue weighted by molar-refractivity contribution is 5.28. The average Bonchev–Trinajstić information content (AvgIpc) is 2.55. The van der Waals surface area contributed by atoms with Crippen LogP contribution in [0.4, 0.5) is 0 Å². The predicted molar refractivity (Wildman–Crippen MR) is 87.3 cm³/mol. The van der Waals surface area contributed by atoms with E-state index in [0.29, 0.717) is 13.1 Å². The Morgan fingerprint density at radius 3 is 2.50 bits per heavy atom. The van der Waals surface area contributed by atoms with Crippen molar-refractivity contribution in [1.82, 2.24) is 9.80 Å². The molecule has 0 saturated carbocycles. The number of hydrogen-bond acceptors (Lipinski definition) is 5. The van der Waals surface area contributed by atoms with E-state index in [2.05, 4.69) is 35.9 Å². The molecule has 1 aromatic carbocycles. The van der Waals surface area contributed by atoms with Gasteiger partial charge in [-0.25, -0.2) is 0 Å². The maximum atomic E-state index is 10.3. The van der Waals surface area contributed by atoms with Crippen LogP contribution >= 0.6 is 0 Å². The van der Waals surface area contributed by atoms with E-state index in [1.54, 1.807) is 7.11 Å². The molecular formula is C17H28N2O3. The number of morpholine rings is 1. The van der Waals surface area contributed by atoms with Crippen LogP contribution in [0.1, 0.15) is 18.5 Å². The van der Waals surface area contributed by atoms with Gasteiger partial charge < -0.3 is 14.6 Å². The first kappa shape index (κ1) is 17.2. The van der Waals surface area contributed by atoms with Gasteiger partial charge in [-0.1, -0.05) is 12.1 Å². The molecule has 0 spiro atoms. The summed E-state index contributed by atoms with van der Waals surface area (Å²) >= 11 is 0. The molecule has 1 heterocycles. The molecule has 0 amide bonds. The van der Waals surface area contributed by atoms with E-state index < -0.39 is 0 Å². The van der Waals surface area contributed by atoms with Crippen LogP contribution in [0, 0.1) is 0 Å². The van der Waals surface area contributed by atoms with Crippen molar-refractivity contribution in [1.29, 1.82) is 0 Å². The molecule has 5 nitrogen and oxygen atoms in total. The van der Waals surface area contributed by atoms with Crippen LogP contribution in [0.25, 0.3) is 0 Å². The number of aliphatic hydroxyl groups is 1. The summed E-state index contributed by atoms with van der Waals surface area (Å²) in [4.78, 5) is 4.45. The lowest BCUT2D eigenvalue weighted by atomic mass is 10.1. The van der Waals surface area contributed by atoms with Crippen LogP contribution < -0.4 is 4.74 Å². The van der Waals surface area contributed by atoms with E-state index in [0.717, 1.165) is 32.1 Å². The molecule has 1 fully saturated rings. The molecule has 2 atom stereocenters. The number of benzene rings is 1. The van der Waals surface area contributed by atoms with Gasteiger partial charge in [-0.2, -0.15) is 0 Å². The molecule has 1 aliphatic heterocycles. The lowest BCUT2D eigenvalue weighted by molar-refractivity contribution is 0.00626. The third-order valence-corrected chi connectivity index (χ3v) is 4.33. The normalized spacial score (nSPS) is 19.1. The zero-order chi connectivity index (χ0) is 15.9. The number of rotatable bonds is 7. The summed E-state index contributed by atoms with van der Waals surface area (Å²) in [7, 11) is 3.73. The summed E-state index contributed by atoms with van der Waals surface area (Å²) in [5.41, 5.74) is 1.22. The molecule has 0 bridgehead atoms. The Balaban J connectivity index is 1.82. The minimum atomic E-state index is -0.344. The lowest BCUT2D eigenvalue weighted by Gasteiger charge is -2.32. The van der Waals surface area contributed by atoms with Gasteiger partial charge in [0.2, 0.25) is 0 Å². The summed E-state index contributed by atoms with van der Waals surface area (Å²) in [5, 5.41) is 10.3. The quantitative estimate of drug-likeness (QED) is 0.824. The first-order valence-corrected chi connectivity index (χ1v) is 7.92. The molecule has 1 aromatic rings. The molecular weight excluding hydrogens is 280 g/mol. The van der Waals surface area contributed by atoms with Gasteiger partial charge in [0.15, 0.2) is 0 Å². The third kappa shape index (κ3) is 4.95. The Hall–Kier alpha value is -1.14. The van der Waals surface area contributed by atoms with Crippen LogP contribution in [-0.4, -0.2) is 74.6 Å². The van der Waals surface area contributed by atoms with Crippen LogP contribution in [0.5, 0.6) is 5.75 Å². The van der Waals surface area contributed by atoms with Gasteiger partial charge in [-0.15, -0.1) is 0 Å². The Morgan fingerprint density at radius 1 is 1.27 bits per heavy atom. The fourth-order valence-corrected chi connectivity index (χ4v) is 2.77. The topological polar surface area (TPSA) is 45.2 Å². The second kappa shape index (κ2) is 8.48. The van der Waals surface area contributed by atoms with E-state index in [9.17, 15) is 5.11 Å². The number of methoxy groups -OCH3 is 1. The molecule has 0 radical (unpaired) electrons. The smallest absolute Gasteiger partial charge is 0.118 e. The maximum Gasteiger partial charge on any atom is 0.118 e. The van der Waals surface area contributed by atoms with Crippen molar-refractivity contribution in [2.24, 2.45) is 0 Å². The molecule has 2 rings (SSSR count). The van der Waals surface area contributed by atoms with Crippen molar-refractivity contribution in [3.63, 3.8) is 0 Å². The summed E-state index contributed by atoms with van der Waals surface area (Å²) in [6.45, 7) is 6.89. The number of nitrogens with zero attached hydrogens (tertiary/aromatic N) is 2. The van der Waals surface area contributed by atoms with Crippen molar-refractivity contribution in [3.8, 4) is 5.75 Å². The van der Waals surface area contributed by atoms with Crippen LogP contribution in [0.3, 0.4) is 0 Å².